The largest absolute Gasteiger partial charge is 0.465 e. The first-order valence-electron chi connectivity index (χ1n) is 8.28. The number of benzene rings is 1. The average molecular weight is 379 g/mol. The van der Waals surface area contributed by atoms with E-state index in [2.05, 4.69) is 15.7 Å². The summed E-state index contributed by atoms with van der Waals surface area (Å²) in [6, 6.07) is 6.95. The lowest BCUT2D eigenvalue weighted by Crippen LogP contribution is -2.52. The molecule has 1 aliphatic rings. The quantitative estimate of drug-likeness (QED) is 0.796. The summed E-state index contributed by atoms with van der Waals surface area (Å²) in [4.78, 5) is 24.9. The van der Waals surface area contributed by atoms with Crippen LogP contribution in [0.15, 0.2) is 36.7 Å². The van der Waals surface area contributed by atoms with E-state index in [4.69, 9.17) is 4.74 Å². The zero-order valence-corrected chi connectivity index (χ0v) is 15.6. The highest BCUT2D eigenvalue weighted by atomic mass is 35.5. The van der Waals surface area contributed by atoms with Gasteiger partial charge in [-0.3, -0.25) is 9.48 Å². The topological polar surface area (TPSA) is 85.2 Å². The third kappa shape index (κ3) is 3.73. The van der Waals surface area contributed by atoms with Gasteiger partial charge in [0.05, 0.1) is 12.7 Å². The fourth-order valence-corrected chi connectivity index (χ4v) is 3.16. The van der Waals surface area contributed by atoms with Gasteiger partial charge in [0.25, 0.3) is 5.91 Å². The van der Waals surface area contributed by atoms with Gasteiger partial charge in [0.2, 0.25) is 0 Å². The van der Waals surface area contributed by atoms with Gasteiger partial charge in [0.15, 0.2) is 0 Å². The van der Waals surface area contributed by atoms with Gasteiger partial charge in [-0.15, -0.1) is 12.4 Å². The molecule has 0 spiro atoms. The van der Waals surface area contributed by atoms with E-state index < -0.39 is 11.5 Å². The molecule has 1 aliphatic heterocycles. The van der Waals surface area contributed by atoms with Crippen LogP contribution in [0.3, 0.4) is 0 Å². The Bertz CT molecular complexity index is 771. The van der Waals surface area contributed by atoms with Gasteiger partial charge in [0.1, 0.15) is 5.54 Å². The van der Waals surface area contributed by atoms with E-state index in [0.29, 0.717) is 24.1 Å². The fourth-order valence-electron chi connectivity index (χ4n) is 3.16. The van der Waals surface area contributed by atoms with Crippen LogP contribution in [0, 0.1) is 6.92 Å². The van der Waals surface area contributed by atoms with Crippen LogP contribution in [0.4, 0.5) is 5.69 Å². The first-order chi connectivity index (χ1) is 12.1. The van der Waals surface area contributed by atoms with Crippen molar-refractivity contribution in [3.8, 4) is 0 Å². The molecule has 3 rings (SSSR count). The third-order valence-corrected chi connectivity index (χ3v) is 4.70. The van der Waals surface area contributed by atoms with Crippen molar-refractivity contribution in [2.24, 2.45) is 0 Å². The molecule has 2 N–H and O–H groups in total. The molecule has 0 aliphatic carbocycles. The van der Waals surface area contributed by atoms with E-state index in [0.717, 1.165) is 18.7 Å². The van der Waals surface area contributed by atoms with Crippen molar-refractivity contribution in [1.82, 2.24) is 15.1 Å². The van der Waals surface area contributed by atoms with Crippen molar-refractivity contribution in [2.45, 2.75) is 25.3 Å². The lowest BCUT2D eigenvalue weighted by Gasteiger charge is -2.36. The summed E-state index contributed by atoms with van der Waals surface area (Å²) in [5, 5.41) is 10.6. The third-order valence-electron chi connectivity index (χ3n) is 4.70. The van der Waals surface area contributed by atoms with Crippen LogP contribution in [0.25, 0.3) is 0 Å². The number of hydrogen-bond donors (Lipinski definition) is 2. The van der Waals surface area contributed by atoms with Gasteiger partial charge in [-0.05, 0) is 56.6 Å². The van der Waals surface area contributed by atoms with Crippen molar-refractivity contribution in [1.29, 1.82) is 0 Å². The van der Waals surface area contributed by atoms with E-state index in [-0.39, 0.29) is 18.3 Å². The molecule has 0 saturated carbocycles. The number of carbonyl (C=O) groups is 2. The molecular weight excluding hydrogens is 356 g/mol. The summed E-state index contributed by atoms with van der Waals surface area (Å²) < 4.78 is 6.50. The van der Waals surface area contributed by atoms with E-state index in [1.807, 2.05) is 19.2 Å². The molecule has 2 heterocycles. The number of piperidine rings is 1. The molecule has 8 heteroatoms. The number of nitrogens with one attached hydrogen (secondary N) is 2. The van der Waals surface area contributed by atoms with Crippen LogP contribution in [0.1, 0.15) is 28.8 Å². The van der Waals surface area contributed by atoms with Gasteiger partial charge in [-0.2, -0.15) is 5.10 Å². The number of carbonyl (C=O) groups excluding carboxylic acids is 2. The monoisotopic (exact) mass is 378 g/mol. The molecule has 1 saturated heterocycles. The van der Waals surface area contributed by atoms with Crippen LogP contribution in [0.2, 0.25) is 0 Å². The van der Waals surface area contributed by atoms with Crippen LogP contribution < -0.4 is 10.6 Å². The van der Waals surface area contributed by atoms with Gasteiger partial charge < -0.3 is 15.4 Å². The van der Waals surface area contributed by atoms with Crippen molar-refractivity contribution in [2.75, 3.05) is 25.5 Å². The number of anilines is 1. The van der Waals surface area contributed by atoms with Gasteiger partial charge in [0, 0.05) is 18.1 Å². The number of methoxy groups -OCH3 is 1. The normalized spacial score (nSPS) is 15.6. The summed E-state index contributed by atoms with van der Waals surface area (Å²) in [7, 11) is 1.34. The Morgan fingerprint density at radius 1 is 1.31 bits per heavy atom. The molecule has 0 bridgehead atoms. The highest BCUT2D eigenvalue weighted by Crippen LogP contribution is 2.29. The number of halogens is 1. The molecule has 7 nitrogen and oxygen atoms in total. The number of amides is 1. The molecule has 26 heavy (non-hydrogen) atoms. The van der Waals surface area contributed by atoms with Crippen LogP contribution in [-0.4, -0.2) is 41.9 Å². The minimum absolute atomic E-state index is 0. The maximum absolute atomic E-state index is 13.2. The lowest BCUT2D eigenvalue weighted by atomic mass is 9.87. The lowest BCUT2D eigenvalue weighted by molar-refractivity contribution is -0.126. The Morgan fingerprint density at radius 3 is 2.65 bits per heavy atom. The van der Waals surface area contributed by atoms with Gasteiger partial charge >= 0.3 is 5.97 Å². The number of esters is 1. The first-order valence-corrected chi connectivity index (χ1v) is 8.28. The first kappa shape index (κ1) is 19.9. The number of rotatable bonds is 4. The SMILES string of the molecule is COC(=O)c1ccc(C)c(NC(=O)C2(n3cccn3)CCNCC2)c1.Cl. The van der Waals surface area contributed by atoms with Crippen LogP contribution in [-0.2, 0) is 15.1 Å². The van der Waals surface area contributed by atoms with Crippen molar-refractivity contribution < 1.29 is 14.3 Å². The van der Waals surface area contributed by atoms with Gasteiger partial charge in [-0.1, -0.05) is 6.07 Å². The summed E-state index contributed by atoms with van der Waals surface area (Å²) in [5.74, 6) is -0.554. The molecule has 2 aromatic rings. The molecule has 0 unspecified atom stereocenters. The zero-order valence-electron chi connectivity index (χ0n) is 14.8. The smallest absolute Gasteiger partial charge is 0.337 e. The second-order valence-electron chi connectivity index (χ2n) is 6.21. The predicted octanol–water partition coefficient (Wildman–Crippen LogP) is 2.12. The molecule has 1 aromatic heterocycles. The zero-order chi connectivity index (χ0) is 17.9. The van der Waals surface area contributed by atoms with Crippen LogP contribution in [0.5, 0.6) is 0 Å². The highest BCUT2D eigenvalue weighted by molar-refractivity contribution is 5.99. The average Bonchev–Trinajstić information content (AvgIpc) is 3.18. The predicted molar refractivity (Wildman–Crippen MR) is 101 cm³/mol. The van der Waals surface area contributed by atoms with Crippen molar-refractivity contribution in [3.63, 3.8) is 0 Å². The fraction of sp³-hybridized carbons (Fsp3) is 0.389. The van der Waals surface area contributed by atoms with Crippen molar-refractivity contribution in [3.05, 3.63) is 47.8 Å². The summed E-state index contributed by atoms with van der Waals surface area (Å²) in [6.45, 7) is 3.38. The standard InChI is InChI=1S/C18H22N4O3.ClH/c1-13-4-5-14(16(23)25-2)12-15(13)21-17(24)18(6-9-19-10-7-18)22-11-3-8-20-22;/h3-5,8,11-12,19H,6-7,9-10H2,1-2H3,(H,21,24);1H. The van der Waals surface area contributed by atoms with E-state index >= 15 is 0 Å². The minimum Gasteiger partial charge on any atom is -0.465 e. The summed E-state index contributed by atoms with van der Waals surface area (Å²) in [6.07, 6.45) is 4.80. The highest BCUT2D eigenvalue weighted by Gasteiger charge is 2.42. The minimum atomic E-state index is -0.734. The Kier molecular flexibility index (Phi) is 6.39. The summed E-state index contributed by atoms with van der Waals surface area (Å²) >= 11 is 0. The second kappa shape index (κ2) is 8.33. The molecule has 0 atom stereocenters. The molecule has 0 radical (unpaired) electrons. The number of ether oxygens (including phenoxy) is 1. The van der Waals surface area contributed by atoms with E-state index in [1.165, 1.54) is 7.11 Å². The Balaban J connectivity index is 0.00000243. The van der Waals surface area contributed by atoms with Gasteiger partial charge in [-0.25, -0.2) is 4.79 Å². The van der Waals surface area contributed by atoms with E-state index in [1.54, 1.807) is 29.1 Å². The maximum atomic E-state index is 13.2. The van der Waals surface area contributed by atoms with Crippen molar-refractivity contribution >= 4 is 30.0 Å². The second-order valence-corrected chi connectivity index (χ2v) is 6.21. The molecule has 140 valence electrons. The molecule has 1 aromatic carbocycles. The van der Waals surface area contributed by atoms with Crippen LogP contribution >= 0.6 is 12.4 Å². The Morgan fingerprint density at radius 2 is 2.04 bits per heavy atom. The number of aryl methyl sites for hydroxylation is 1. The maximum Gasteiger partial charge on any atom is 0.337 e. The number of aromatic nitrogens is 2. The summed E-state index contributed by atoms with van der Waals surface area (Å²) in [5.41, 5.74) is 1.16. The molecular formula is C18H23ClN4O3. The number of nitrogens with zero attached hydrogens (tertiary/aromatic N) is 2. The Labute approximate surface area is 158 Å². The molecule has 1 fully saturated rings. The Hall–Kier alpha value is -2.38. The number of hydrogen-bond acceptors (Lipinski definition) is 5. The molecule has 1 amide bonds. The van der Waals surface area contributed by atoms with E-state index in [9.17, 15) is 9.59 Å².